The minimum Gasteiger partial charge on any atom is -0.444 e. The van der Waals surface area contributed by atoms with E-state index in [-0.39, 0.29) is 11.6 Å². The van der Waals surface area contributed by atoms with Gasteiger partial charge in [0.25, 0.3) is 0 Å². The number of amides is 2. The van der Waals surface area contributed by atoms with Crippen molar-refractivity contribution >= 4 is 30.3 Å². The predicted molar refractivity (Wildman–Crippen MR) is 112 cm³/mol. The highest BCUT2D eigenvalue weighted by Crippen LogP contribution is 2.36. The predicted octanol–water partition coefficient (Wildman–Crippen LogP) is 2.75. The zero-order chi connectivity index (χ0) is 22.5. The molecular formula is C21H30BFN2O5. The summed E-state index contributed by atoms with van der Waals surface area (Å²) in [6.07, 6.45) is -0.296. The minimum absolute atomic E-state index is 0.161. The Balaban J connectivity index is 1.70. The summed E-state index contributed by atoms with van der Waals surface area (Å²) in [6.45, 7) is 13.2. The monoisotopic (exact) mass is 420 g/mol. The average Bonchev–Trinajstić information content (AvgIpc) is 3.02. The van der Waals surface area contributed by atoms with E-state index in [2.05, 4.69) is 5.32 Å². The van der Waals surface area contributed by atoms with Crippen molar-refractivity contribution in [3.05, 3.63) is 24.0 Å². The van der Waals surface area contributed by atoms with Crippen LogP contribution < -0.4 is 15.7 Å². The second kappa shape index (κ2) is 7.53. The molecule has 0 spiro atoms. The van der Waals surface area contributed by atoms with Crippen LogP contribution in [0.5, 0.6) is 0 Å². The van der Waals surface area contributed by atoms with E-state index < -0.39 is 41.9 Å². The van der Waals surface area contributed by atoms with Crippen molar-refractivity contribution in [2.45, 2.75) is 77.7 Å². The zero-order valence-corrected chi connectivity index (χ0v) is 18.7. The van der Waals surface area contributed by atoms with Crippen molar-refractivity contribution in [1.29, 1.82) is 0 Å². The van der Waals surface area contributed by atoms with E-state index in [0.29, 0.717) is 18.4 Å². The molecule has 1 atom stereocenters. The fraction of sp³-hybridized carbons (Fsp3) is 0.619. The lowest BCUT2D eigenvalue weighted by Crippen LogP contribution is -2.44. The highest BCUT2D eigenvalue weighted by molar-refractivity contribution is 6.62. The van der Waals surface area contributed by atoms with E-state index in [0.717, 1.165) is 0 Å². The second-order valence-electron chi connectivity index (χ2n) is 9.78. The number of nitrogens with zero attached hydrogens (tertiary/aromatic N) is 1. The van der Waals surface area contributed by atoms with Crippen molar-refractivity contribution in [3.8, 4) is 0 Å². The lowest BCUT2D eigenvalue weighted by Gasteiger charge is -2.32. The summed E-state index contributed by atoms with van der Waals surface area (Å²) in [6, 6.07) is 3.83. The standard InChI is InChI=1S/C21H30BFN2O5/c1-19(2,3)28-18(27)24-15-10-11-25(17(15)26)16-9-8-13(12-14(16)23)22-29-20(4,5)21(6,7)30-22/h8-9,12,15H,10-11H2,1-7H3,(H,24,27)/t15-/m0/s1. The van der Waals surface area contributed by atoms with Gasteiger partial charge in [0.15, 0.2) is 0 Å². The number of carbonyl (C=O) groups excluding carboxylic acids is 2. The zero-order valence-electron chi connectivity index (χ0n) is 18.7. The van der Waals surface area contributed by atoms with Crippen LogP contribution in [0.4, 0.5) is 14.9 Å². The number of ether oxygens (including phenoxy) is 1. The highest BCUT2D eigenvalue weighted by atomic mass is 19.1. The summed E-state index contributed by atoms with van der Waals surface area (Å²) in [5.41, 5.74) is -1.02. The molecule has 2 fully saturated rings. The summed E-state index contributed by atoms with van der Waals surface area (Å²) in [5.74, 6) is -0.920. The van der Waals surface area contributed by atoms with Crippen LogP contribution in [0.1, 0.15) is 54.9 Å². The van der Waals surface area contributed by atoms with Crippen molar-refractivity contribution in [1.82, 2.24) is 5.32 Å². The van der Waals surface area contributed by atoms with Gasteiger partial charge in [0.2, 0.25) is 5.91 Å². The third-order valence-corrected chi connectivity index (χ3v) is 5.68. The first-order valence-electron chi connectivity index (χ1n) is 10.2. The fourth-order valence-corrected chi connectivity index (χ4v) is 3.37. The molecule has 0 aromatic heterocycles. The van der Waals surface area contributed by atoms with Crippen molar-refractivity contribution in [2.24, 2.45) is 0 Å². The molecule has 7 nitrogen and oxygen atoms in total. The van der Waals surface area contributed by atoms with Crippen LogP contribution in [0, 0.1) is 5.82 Å². The molecule has 164 valence electrons. The lowest BCUT2D eigenvalue weighted by molar-refractivity contribution is -0.118. The highest BCUT2D eigenvalue weighted by Gasteiger charge is 2.52. The van der Waals surface area contributed by atoms with Gasteiger partial charge in [0.1, 0.15) is 17.5 Å². The van der Waals surface area contributed by atoms with Gasteiger partial charge < -0.3 is 24.3 Å². The number of alkyl carbamates (subject to hydrolysis) is 1. The quantitative estimate of drug-likeness (QED) is 0.762. The number of anilines is 1. The van der Waals surface area contributed by atoms with Crippen molar-refractivity contribution < 1.29 is 28.0 Å². The van der Waals surface area contributed by atoms with E-state index in [1.165, 1.54) is 11.0 Å². The van der Waals surface area contributed by atoms with Crippen LogP contribution in [-0.2, 0) is 18.8 Å². The molecule has 2 heterocycles. The molecule has 0 unspecified atom stereocenters. The molecular weight excluding hydrogens is 390 g/mol. The first-order chi connectivity index (χ1) is 13.7. The maximum Gasteiger partial charge on any atom is 0.494 e. The molecule has 3 rings (SSSR count). The van der Waals surface area contributed by atoms with Crippen LogP contribution in [0.15, 0.2) is 18.2 Å². The Morgan fingerprint density at radius 2 is 1.83 bits per heavy atom. The molecule has 0 saturated carbocycles. The molecule has 0 aliphatic carbocycles. The summed E-state index contributed by atoms with van der Waals surface area (Å²) in [4.78, 5) is 26.0. The second-order valence-corrected chi connectivity index (χ2v) is 9.78. The molecule has 2 saturated heterocycles. The van der Waals surface area contributed by atoms with Crippen LogP contribution in [-0.4, -0.2) is 48.5 Å². The van der Waals surface area contributed by atoms with Gasteiger partial charge in [0.05, 0.1) is 16.9 Å². The number of hydrogen-bond donors (Lipinski definition) is 1. The minimum atomic E-state index is -0.748. The number of halogens is 1. The van der Waals surface area contributed by atoms with Crippen LogP contribution >= 0.6 is 0 Å². The summed E-state index contributed by atoms with van der Waals surface area (Å²) in [7, 11) is -0.686. The SMILES string of the molecule is CC(C)(C)OC(=O)N[C@H]1CCN(c2ccc(B3OC(C)(C)C(C)(C)O3)cc2F)C1=O. The first kappa shape index (κ1) is 22.6. The average molecular weight is 420 g/mol. The van der Waals surface area contributed by atoms with E-state index in [1.54, 1.807) is 32.9 Å². The van der Waals surface area contributed by atoms with Gasteiger partial charge >= 0.3 is 13.2 Å². The Bertz CT molecular complexity index is 836. The van der Waals surface area contributed by atoms with Gasteiger partial charge in [0, 0.05) is 6.54 Å². The molecule has 2 aliphatic heterocycles. The van der Waals surface area contributed by atoms with Crippen LogP contribution in [0.3, 0.4) is 0 Å². The smallest absolute Gasteiger partial charge is 0.444 e. The molecule has 30 heavy (non-hydrogen) atoms. The topological polar surface area (TPSA) is 77.1 Å². The van der Waals surface area contributed by atoms with Crippen molar-refractivity contribution in [2.75, 3.05) is 11.4 Å². The summed E-state index contributed by atoms with van der Waals surface area (Å²) in [5, 5.41) is 2.56. The van der Waals surface area contributed by atoms with Gasteiger partial charge in [-0.15, -0.1) is 0 Å². The van der Waals surface area contributed by atoms with Crippen LogP contribution in [0.2, 0.25) is 0 Å². The van der Waals surface area contributed by atoms with Crippen LogP contribution in [0.25, 0.3) is 0 Å². The van der Waals surface area contributed by atoms with Gasteiger partial charge in [-0.2, -0.15) is 0 Å². The van der Waals surface area contributed by atoms with Gasteiger partial charge in [-0.05, 0) is 72.5 Å². The summed E-state index contributed by atoms with van der Waals surface area (Å²) < 4.78 is 32.0. The first-order valence-corrected chi connectivity index (χ1v) is 10.2. The van der Waals surface area contributed by atoms with E-state index in [4.69, 9.17) is 14.0 Å². The molecule has 2 amide bonds. The normalized spacial score (nSPS) is 23.1. The maximum atomic E-state index is 14.9. The molecule has 9 heteroatoms. The maximum absolute atomic E-state index is 14.9. The van der Waals surface area contributed by atoms with E-state index in [9.17, 15) is 14.0 Å². The molecule has 2 aliphatic rings. The Labute approximate surface area is 177 Å². The van der Waals surface area contributed by atoms with Gasteiger partial charge in [-0.1, -0.05) is 6.07 Å². The number of hydrogen-bond acceptors (Lipinski definition) is 5. The number of carbonyl (C=O) groups is 2. The van der Waals surface area contributed by atoms with Crippen molar-refractivity contribution in [3.63, 3.8) is 0 Å². The van der Waals surface area contributed by atoms with E-state index in [1.807, 2.05) is 27.7 Å². The fourth-order valence-electron chi connectivity index (χ4n) is 3.37. The molecule has 1 N–H and O–H groups in total. The molecule has 0 radical (unpaired) electrons. The molecule has 1 aromatic rings. The Morgan fingerprint density at radius 1 is 1.23 bits per heavy atom. The third-order valence-electron chi connectivity index (χ3n) is 5.68. The number of benzene rings is 1. The number of rotatable bonds is 3. The third kappa shape index (κ3) is 4.47. The molecule has 1 aromatic carbocycles. The van der Waals surface area contributed by atoms with Gasteiger partial charge in [-0.3, -0.25) is 4.79 Å². The summed E-state index contributed by atoms with van der Waals surface area (Å²) >= 11 is 0. The molecule has 0 bridgehead atoms. The Hall–Kier alpha value is -2.13. The lowest BCUT2D eigenvalue weighted by atomic mass is 9.79. The van der Waals surface area contributed by atoms with E-state index >= 15 is 0 Å². The van der Waals surface area contributed by atoms with Gasteiger partial charge in [-0.25, -0.2) is 9.18 Å². The Morgan fingerprint density at radius 3 is 2.37 bits per heavy atom. The largest absolute Gasteiger partial charge is 0.494 e. The Kier molecular flexibility index (Phi) is 5.66. The number of nitrogens with one attached hydrogen (secondary N) is 1.